The third-order valence-electron chi connectivity index (χ3n) is 0.327. The predicted octanol–water partition coefficient (Wildman–Crippen LogP) is 2.16. The molecule has 0 bridgehead atoms. The Labute approximate surface area is 38.4 Å². The van der Waals surface area contributed by atoms with Gasteiger partial charge in [-0.05, 0) is 5.41 Å². The van der Waals surface area contributed by atoms with Gasteiger partial charge in [0.2, 0.25) is 0 Å². The van der Waals surface area contributed by atoms with Crippen LogP contribution in [0.4, 0.5) is 4.39 Å². The van der Waals surface area contributed by atoms with Crippen LogP contribution in [0.5, 0.6) is 0 Å². The number of hydrogen-bond acceptors (Lipinski definition) is 0. The maximum absolute atomic E-state index is 11.4. The Morgan fingerprint density at radius 2 is 1.50 bits per heavy atom. The minimum atomic E-state index is -0.250. The second-order valence-corrected chi connectivity index (χ2v) is 2.48. The van der Waals surface area contributed by atoms with Crippen molar-refractivity contribution in [3.63, 3.8) is 0 Å². The van der Waals surface area contributed by atoms with Gasteiger partial charge in [-0.15, -0.1) is 0 Å². The summed E-state index contributed by atoms with van der Waals surface area (Å²) in [5, 5.41) is 0. The lowest BCUT2D eigenvalue weighted by Crippen LogP contribution is -2.00. The van der Waals surface area contributed by atoms with Crippen LogP contribution in [0.2, 0.25) is 0 Å². The van der Waals surface area contributed by atoms with Gasteiger partial charge in [0, 0.05) is 0 Å². The van der Waals surface area contributed by atoms with Crippen LogP contribution in [0, 0.1) is 12.1 Å². The summed E-state index contributed by atoms with van der Waals surface area (Å²) in [7, 11) is 0. The van der Waals surface area contributed by atoms with Crippen LogP contribution in [0.3, 0.4) is 0 Å². The fourth-order valence-electron chi connectivity index (χ4n) is 0. The lowest BCUT2D eigenvalue weighted by atomic mass is 10.00. The van der Waals surface area contributed by atoms with Crippen molar-refractivity contribution in [2.24, 2.45) is 5.41 Å². The highest BCUT2D eigenvalue weighted by Gasteiger charge is 2.07. The van der Waals surface area contributed by atoms with E-state index in [1.54, 1.807) is 0 Å². The summed E-state index contributed by atoms with van der Waals surface area (Å²) in [6, 6.07) is 0. The molecule has 0 amide bonds. The van der Waals surface area contributed by atoms with E-state index in [0.717, 1.165) is 0 Å². The highest BCUT2D eigenvalue weighted by atomic mass is 19.1. The zero-order valence-corrected chi connectivity index (χ0v) is 4.46. The quantitative estimate of drug-likeness (QED) is 0.426. The van der Waals surface area contributed by atoms with Crippen molar-refractivity contribution in [2.45, 2.75) is 20.8 Å². The van der Waals surface area contributed by atoms with E-state index >= 15 is 0 Å². The molecule has 0 aromatic carbocycles. The van der Waals surface area contributed by atoms with Crippen molar-refractivity contribution >= 4 is 0 Å². The van der Waals surface area contributed by atoms with Gasteiger partial charge in [-0.3, -0.25) is 0 Å². The first-order valence-corrected chi connectivity index (χ1v) is 2.01. The largest absolute Gasteiger partial charge is 0.244 e. The van der Waals surface area contributed by atoms with E-state index in [-0.39, 0.29) is 5.41 Å². The fraction of sp³-hybridized carbons (Fsp3) is 0.800. The molecule has 0 rings (SSSR count). The first kappa shape index (κ1) is 5.93. The van der Waals surface area contributed by atoms with Gasteiger partial charge < -0.3 is 0 Å². The summed E-state index contributed by atoms with van der Waals surface area (Å²) in [5.74, 6) is 0. The smallest absolute Gasteiger partial charge is 0.136 e. The molecule has 0 unspecified atom stereocenters. The lowest BCUT2D eigenvalue weighted by Gasteiger charge is -2.08. The topological polar surface area (TPSA) is 0 Å². The second kappa shape index (κ2) is 1.59. The molecule has 0 fully saturated rings. The average molecular weight is 89.1 g/mol. The van der Waals surface area contributed by atoms with Crippen LogP contribution in [0.25, 0.3) is 0 Å². The van der Waals surface area contributed by atoms with Gasteiger partial charge in [0.05, 0.1) is 0 Å². The van der Waals surface area contributed by atoms with E-state index in [1.807, 2.05) is 20.8 Å². The lowest BCUT2D eigenvalue weighted by molar-refractivity contribution is 0.370. The zero-order chi connectivity index (χ0) is 5.21. The summed E-state index contributed by atoms with van der Waals surface area (Å²) in [4.78, 5) is 0. The summed E-state index contributed by atoms with van der Waals surface area (Å²) < 4.78 is 11.4. The maximum Gasteiger partial charge on any atom is 0.136 e. The second-order valence-electron chi connectivity index (χ2n) is 2.48. The molecule has 0 heterocycles. The Morgan fingerprint density at radius 1 is 1.33 bits per heavy atom. The van der Waals surface area contributed by atoms with E-state index in [1.165, 1.54) is 0 Å². The van der Waals surface area contributed by atoms with Crippen LogP contribution in [0.1, 0.15) is 20.8 Å². The van der Waals surface area contributed by atoms with Crippen LogP contribution in [-0.2, 0) is 0 Å². The molecule has 0 aromatic heterocycles. The summed E-state index contributed by atoms with van der Waals surface area (Å²) in [6.07, 6.45) is 0. The summed E-state index contributed by atoms with van der Waals surface area (Å²) >= 11 is 0. The zero-order valence-electron chi connectivity index (χ0n) is 4.46. The molecule has 0 aliphatic carbocycles. The van der Waals surface area contributed by atoms with Crippen molar-refractivity contribution in [3.05, 3.63) is 6.67 Å². The van der Waals surface area contributed by atoms with Crippen molar-refractivity contribution in [1.29, 1.82) is 0 Å². The van der Waals surface area contributed by atoms with Gasteiger partial charge in [0.15, 0.2) is 0 Å². The SMILES string of the molecule is CC(C)(C)[CH]F. The Morgan fingerprint density at radius 3 is 1.50 bits per heavy atom. The highest BCUT2D eigenvalue weighted by Crippen LogP contribution is 2.16. The molecule has 1 radical (unpaired) electrons. The van der Waals surface area contributed by atoms with Gasteiger partial charge >= 0.3 is 0 Å². The van der Waals surface area contributed by atoms with E-state index in [4.69, 9.17) is 0 Å². The number of halogens is 1. The Bertz CT molecular complexity index is 33.7. The van der Waals surface area contributed by atoms with Crippen molar-refractivity contribution in [1.82, 2.24) is 0 Å². The van der Waals surface area contributed by atoms with Gasteiger partial charge in [-0.25, -0.2) is 4.39 Å². The van der Waals surface area contributed by atoms with Crippen LogP contribution in [-0.4, -0.2) is 0 Å². The Balaban J connectivity index is 3.17. The summed E-state index contributed by atoms with van der Waals surface area (Å²) in [6.45, 7) is 6.12. The van der Waals surface area contributed by atoms with E-state index < -0.39 is 0 Å². The van der Waals surface area contributed by atoms with Crippen molar-refractivity contribution in [3.8, 4) is 0 Å². The monoisotopic (exact) mass is 89.1 g/mol. The molecule has 0 atom stereocenters. The highest BCUT2D eigenvalue weighted by molar-refractivity contribution is 4.68. The molecular weight excluding hydrogens is 79.1 g/mol. The van der Waals surface area contributed by atoms with Gasteiger partial charge in [-0.1, -0.05) is 20.8 Å². The van der Waals surface area contributed by atoms with E-state index in [2.05, 4.69) is 0 Å². The average Bonchev–Trinajstić information content (AvgIpc) is 1.35. The van der Waals surface area contributed by atoms with Crippen molar-refractivity contribution < 1.29 is 4.39 Å². The minimum absolute atomic E-state index is 0.250. The first-order chi connectivity index (χ1) is 2.56. The molecule has 0 nitrogen and oxygen atoms in total. The van der Waals surface area contributed by atoms with Gasteiger partial charge in [0.25, 0.3) is 0 Å². The normalized spacial score (nSPS) is 12.0. The number of rotatable bonds is 0. The third kappa shape index (κ3) is 3.93. The molecule has 0 N–H and O–H groups in total. The van der Waals surface area contributed by atoms with Crippen LogP contribution >= 0.6 is 0 Å². The predicted molar refractivity (Wildman–Crippen MR) is 24.9 cm³/mol. The van der Waals surface area contributed by atoms with E-state index in [9.17, 15) is 4.39 Å². The minimum Gasteiger partial charge on any atom is -0.244 e. The van der Waals surface area contributed by atoms with Crippen molar-refractivity contribution in [2.75, 3.05) is 0 Å². The third-order valence-corrected chi connectivity index (χ3v) is 0.327. The molecule has 0 aliphatic heterocycles. The molecule has 0 aromatic rings. The molecule has 0 aliphatic rings. The molecule has 0 spiro atoms. The molecule has 37 valence electrons. The first-order valence-electron chi connectivity index (χ1n) is 2.01. The van der Waals surface area contributed by atoms with Gasteiger partial charge in [0.1, 0.15) is 6.67 Å². The maximum atomic E-state index is 11.4. The molecule has 0 saturated carbocycles. The fourth-order valence-corrected chi connectivity index (χ4v) is 0. The molecule has 6 heavy (non-hydrogen) atoms. The van der Waals surface area contributed by atoms with Crippen LogP contribution < -0.4 is 0 Å². The number of hydrogen-bond donors (Lipinski definition) is 0. The van der Waals surface area contributed by atoms with Crippen LogP contribution in [0.15, 0.2) is 0 Å². The Hall–Kier alpha value is -0.0700. The Kier molecular flexibility index (Phi) is 1.57. The standard InChI is InChI=1S/C5H10F/c1-5(2,3)4-6/h4H,1-3H3. The van der Waals surface area contributed by atoms with Gasteiger partial charge in [-0.2, -0.15) is 0 Å². The molecule has 0 saturated heterocycles. The van der Waals surface area contributed by atoms with E-state index in [0.29, 0.717) is 6.67 Å². The molecule has 1 heteroatoms. The summed E-state index contributed by atoms with van der Waals surface area (Å²) in [5.41, 5.74) is -0.250. The molecular formula is C5H10F.